The van der Waals surface area contributed by atoms with Crippen LogP contribution in [0.2, 0.25) is 0 Å². The average molecular weight is 218 g/mol. The molecule has 0 aliphatic heterocycles. The maximum atomic E-state index is 2.33. The molecule has 0 heterocycles. The highest BCUT2D eigenvalue weighted by Crippen LogP contribution is 2.31. The van der Waals surface area contributed by atoms with Gasteiger partial charge in [0, 0.05) is 0 Å². The van der Waals surface area contributed by atoms with Crippen LogP contribution >= 0.6 is 0 Å². The Morgan fingerprint density at radius 1 is 0.875 bits per heavy atom. The van der Waals surface area contributed by atoms with Crippen LogP contribution in [0.4, 0.5) is 0 Å². The second-order valence-corrected chi connectivity index (χ2v) is 6.49. The van der Waals surface area contributed by atoms with Crippen molar-refractivity contribution in [2.75, 3.05) is 0 Å². The predicted molar refractivity (Wildman–Crippen MR) is 73.0 cm³/mol. The highest BCUT2D eigenvalue weighted by Gasteiger charge is 2.16. The van der Waals surface area contributed by atoms with Crippen molar-refractivity contribution in [1.29, 1.82) is 0 Å². The van der Waals surface area contributed by atoms with Crippen LogP contribution in [-0.2, 0) is 0 Å². The van der Waals surface area contributed by atoms with E-state index >= 15 is 0 Å². The molecule has 1 aromatic carbocycles. The van der Waals surface area contributed by atoms with E-state index in [2.05, 4.69) is 65.8 Å². The van der Waals surface area contributed by atoms with Gasteiger partial charge in [-0.1, -0.05) is 65.8 Å². The molecule has 0 spiro atoms. The Morgan fingerprint density at radius 3 is 1.69 bits per heavy atom. The zero-order valence-corrected chi connectivity index (χ0v) is 11.7. The van der Waals surface area contributed by atoms with Crippen molar-refractivity contribution in [3.8, 4) is 0 Å². The minimum Gasteiger partial charge on any atom is -0.0602 e. The van der Waals surface area contributed by atoms with Crippen LogP contribution in [0.3, 0.4) is 0 Å². The minimum atomic E-state index is 0.413. The second-order valence-electron chi connectivity index (χ2n) is 6.49. The van der Waals surface area contributed by atoms with Crippen LogP contribution in [-0.4, -0.2) is 0 Å². The summed E-state index contributed by atoms with van der Waals surface area (Å²) in [6.45, 7) is 13.8. The summed E-state index contributed by atoms with van der Waals surface area (Å²) in [5.74, 6) is 1.29. The summed E-state index contributed by atoms with van der Waals surface area (Å²) in [7, 11) is 0. The summed E-state index contributed by atoms with van der Waals surface area (Å²) in [5.41, 5.74) is 3.32. The monoisotopic (exact) mass is 218 g/mol. The highest BCUT2D eigenvalue weighted by molar-refractivity contribution is 5.26. The quantitative estimate of drug-likeness (QED) is 0.641. The molecule has 1 aromatic rings. The van der Waals surface area contributed by atoms with Crippen molar-refractivity contribution in [3.05, 3.63) is 35.4 Å². The number of hydrogen-bond donors (Lipinski definition) is 0. The fourth-order valence-corrected chi connectivity index (χ4v) is 2.25. The Labute approximate surface area is 101 Å². The molecule has 0 nitrogen and oxygen atoms in total. The van der Waals surface area contributed by atoms with E-state index in [1.54, 1.807) is 0 Å². The number of rotatable bonds is 3. The van der Waals surface area contributed by atoms with E-state index < -0.39 is 0 Å². The fraction of sp³-hybridized carbons (Fsp3) is 0.625. The van der Waals surface area contributed by atoms with Gasteiger partial charge >= 0.3 is 0 Å². The number of hydrogen-bond acceptors (Lipinski definition) is 0. The molecule has 0 radical (unpaired) electrons. The summed E-state index contributed by atoms with van der Waals surface area (Å²) >= 11 is 0. The summed E-state index contributed by atoms with van der Waals surface area (Å²) in [6.07, 6.45) is 1.24. The van der Waals surface area contributed by atoms with Crippen LogP contribution < -0.4 is 0 Å². The van der Waals surface area contributed by atoms with Crippen molar-refractivity contribution in [3.63, 3.8) is 0 Å². The van der Waals surface area contributed by atoms with Gasteiger partial charge in [0.15, 0.2) is 0 Å². The van der Waals surface area contributed by atoms with E-state index in [1.807, 2.05) is 0 Å². The molecule has 0 aromatic heterocycles. The van der Waals surface area contributed by atoms with Gasteiger partial charge in [-0.3, -0.25) is 0 Å². The molecule has 1 rings (SSSR count). The van der Waals surface area contributed by atoms with Gasteiger partial charge < -0.3 is 0 Å². The molecule has 16 heavy (non-hydrogen) atoms. The Morgan fingerprint density at radius 2 is 1.31 bits per heavy atom. The van der Waals surface area contributed by atoms with Gasteiger partial charge in [-0.25, -0.2) is 0 Å². The van der Waals surface area contributed by atoms with Crippen molar-refractivity contribution in [1.82, 2.24) is 0 Å². The SMILES string of the molecule is CC(C)c1ccc(C(C)CC(C)(C)C)cc1. The second kappa shape index (κ2) is 5.03. The zero-order chi connectivity index (χ0) is 12.3. The molecule has 90 valence electrons. The van der Waals surface area contributed by atoms with Crippen molar-refractivity contribution >= 4 is 0 Å². The maximum absolute atomic E-state index is 2.33. The van der Waals surface area contributed by atoms with Crippen LogP contribution in [0.1, 0.15) is 70.9 Å². The van der Waals surface area contributed by atoms with Gasteiger partial charge in [0.2, 0.25) is 0 Å². The Hall–Kier alpha value is -0.780. The predicted octanol–water partition coefficient (Wildman–Crippen LogP) is 5.35. The maximum Gasteiger partial charge on any atom is -0.0185 e. The van der Waals surface area contributed by atoms with Crippen LogP contribution in [0.5, 0.6) is 0 Å². The molecular weight excluding hydrogens is 192 g/mol. The van der Waals surface area contributed by atoms with Gasteiger partial charge in [0.05, 0.1) is 0 Å². The summed E-state index contributed by atoms with van der Waals surface area (Å²) in [4.78, 5) is 0. The number of benzene rings is 1. The molecule has 0 saturated heterocycles. The van der Waals surface area contributed by atoms with Gasteiger partial charge in [0.25, 0.3) is 0 Å². The van der Waals surface area contributed by atoms with E-state index in [1.165, 1.54) is 17.5 Å². The molecule has 1 atom stereocenters. The Bertz CT molecular complexity index is 311. The van der Waals surface area contributed by atoms with E-state index in [0.717, 1.165) is 0 Å². The fourth-order valence-electron chi connectivity index (χ4n) is 2.25. The van der Waals surface area contributed by atoms with Gasteiger partial charge in [-0.15, -0.1) is 0 Å². The van der Waals surface area contributed by atoms with E-state index in [4.69, 9.17) is 0 Å². The van der Waals surface area contributed by atoms with Gasteiger partial charge in [-0.2, -0.15) is 0 Å². The zero-order valence-electron chi connectivity index (χ0n) is 11.7. The summed E-state index contributed by atoms with van der Waals surface area (Å²) in [6, 6.07) is 9.15. The summed E-state index contributed by atoms with van der Waals surface area (Å²) < 4.78 is 0. The first-order chi connectivity index (χ1) is 7.29. The smallest absolute Gasteiger partial charge is 0.0185 e. The first kappa shape index (κ1) is 13.3. The van der Waals surface area contributed by atoms with Crippen LogP contribution in [0.25, 0.3) is 0 Å². The lowest BCUT2D eigenvalue weighted by Crippen LogP contribution is -2.09. The third-order valence-corrected chi connectivity index (χ3v) is 3.09. The molecule has 0 aliphatic carbocycles. The molecule has 0 saturated carbocycles. The van der Waals surface area contributed by atoms with E-state index in [9.17, 15) is 0 Å². The molecule has 0 fully saturated rings. The van der Waals surface area contributed by atoms with Crippen molar-refractivity contribution < 1.29 is 0 Å². The first-order valence-electron chi connectivity index (χ1n) is 6.39. The molecule has 0 amide bonds. The topological polar surface area (TPSA) is 0 Å². The third-order valence-electron chi connectivity index (χ3n) is 3.09. The molecular formula is C16H26. The molecule has 1 unspecified atom stereocenters. The Kier molecular flexibility index (Phi) is 4.18. The third kappa shape index (κ3) is 4.00. The van der Waals surface area contributed by atoms with E-state index in [-0.39, 0.29) is 0 Å². The first-order valence-corrected chi connectivity index (χ1v) is 6.39. The minimum absolute atomic E-state index is 0.413. The lowest BCUT2D eigenvalue weighted by molar-refractivity contribution is 0.349. The standard InChI is InChI=1S/C16H26/c1-12(2)14-7-9-15(10-8-14)13(3)11-16(4,5)6/h7-10,12-13H,11H2,1-6H3. The van der Waals surface area contributed by atoms with Crippen LogP contribution in [0.15, 0.2) is 24.3 Å². The molecule has 0 aliphatic rings. The van der Waals surface area contributed by atoms with Gasteiger partial charge in [0.1, 0.15) is 0 Å². The average Bonchev–Trinajstić information content (AvgIpc) is 2.15. The van der Waals surface area contributed by atoms with Crippen LogP contribution in [0, 0.1) is 5.41 Å². The molecule has 0 heteroatoms. The van der Waals surface area contributed by atoms with Gasteiger partial charge in [-0.05, 0) is 34.8 Å². The summed E-state index contributed by atoms with van der Waals surface area (Å²) in [5, 5.41) is 0. The normalized spacial score (nSPS) is 14.2. The Balaban J connectivity index is 2.74. The largest absolute Gasteiger partial charge is 0.0602 e. The molecule has 0 bridgehead atoms. The van der Waals surface area contributed by atoms with Crippen molar-refractivity contribution in [2.45, 2.75) is 59.8 Å². The highest BCUT2D eigenvalue weighted by atomic mass is 14.2. The lowest BCUT2D eigenvalue weighted by atomic mass is 9.82. The van der Waals surface area contributed by atoms with E-state index in [0.29, 0.717) is 17.3 Å². The molecule has 0 N–H and O–H groups in total. The lowest BCUT2D eigenvalue weighted by Gasteiger charge is -2.23. The van der Waals surface area contributed by atoms with Crippen molar-refractivity contribution in [2.24, 2.45) is 5.41 Å².